The Labute approximate surface area is 277 Å². The van der Waals surface area contributed by atoms with Gasteiger partial charge in [0.2, 0.25) is 5.91 Å². The molecule has 8 nitrogen and oxygen atoms in total. The summed E-state index contributed by atoms with van der Waals surface area (Å²) in [7, 11) is 0. The van der Waals surface area contributed by atoms with Gasteiger partial charge in [0.15, 0.2) is 11.5 Å². The molecule has 250 valence electrons. The van der Waals surface area contributed by atoms with Crippen LogP contribution in [0.25, 0.3) is 17.1 Å². The predicted molar refractivity (Wildman–Crippen MR) is 175 cm³/mol. The number of carbonyl (C=O) groups excluding carboxylic acids is 2. The van der Waals surface area contributed by atoms with Crippen LogP contribution in [0.2, 0.25) is 0 Å². The number of esters is 1. The predicted octanol–water partition coefficient (Wildman–Crippen LogP) is 7.65. The molecule has 2 aliphatic carbocycles. The van der Waals surface area contributed by atoms with Crippen molar-refractivity contribution in [3.8, 4) is 17.1 Å². The second kappa shape index (κ2) is 12.7. The first-order chi connectivity index (χ1) is 23.1. The molecular formula is C37H38F3N5O3. The summed E-state index contributed by atoms with van der Waals surface area (Å²) in [5.41, 5.74) is 5.18. The number of hydrogen-bond donors (Lipinski definition) is 1. The lowest BCUT2D eigenvalue weighted by Crippen LogP contribution is -2.38. The molecule has 0 radical (unpaired) electrons. The minimum Gasteiger partial charge on any atom is -0.462 e. The first-order valence-electron chi connectivity index (χ1n) is 16.7. The van der Waals surface area contributed by atoms with Crippen LogP contribution in [0, 0.1) is 12.8 Å². The van der Waals surface area contributed by atoms with Crippen LogP contribution in [0.3, 0.4) is 0 Å². The molecule has 2 aromatic heterocycles. The van der Waals surface area contributed by atoms with Crippen molar-refractivity contribution in [3.05, 3.63) is 94.3 Å². The fourth-order valence-corrected chi connectivity index (χ4v) is 7.21. The van der Waals surface area contributed by atoms with Gasteiger partial charge >= 0.3 is 12.1 Å². The van der Waals surface area contributed by atoms with Crippen LogP contribution in [0.5, 0.6) is 0 Å². The summed E-state index contributed by atoms with van der Waals surface area (Å²) in [5, 5.41) is 7.66. The number of ether oxygens (including phenoxy) is 1. The molecule has 3 heterocycles. The Hall–Kier alpha value is -4.67. The van der Waals surface area contributed by atoms with E-state index >= 15 is 0 Å². The largest absolute Gasteiger partial charge is 0.462 e. The molecule has 48 heavy (non-hydrogen) atoms. The van der Waals surface area contributed by atoms with Crippen LogP contribution in [0.15, 0.2) is 60.8 Å². The number of anilines is 1. The standard InChI is InChI=1S/C37H38F3N5O3/c1-3-48-36(47)28-21-41-45(34(28)37(38,39)40)32-9-5-8-30(43-32)27-7-4-6-24-12-15-31(33(24)27)42-29-14-13-26(20-22(29)2)23-16-18-44(19-17-23)35(46)25-10-11-25/h4-9,13-14,20-21,23,25,31,42H,3,10-12,15-19H2,1-2H3. The Bertz CT molecular complexity index is 1860. The van der Waals surface area contributed by atoms with Crippen LogP contribution in [-0.4, -0.2) is 51.2 Å². The molecule has 1 atom stereocenters. The summed E-state index contributed by atoms with van der Waals surface area (Å²) in [6.45, 7) is 5.22. The molecule has 3 aliphatic rings. The van der Waals surface area contributed by atoms with Gasteiger partial charge in [-0.2, -0.15) is 18.3 Å². The van der Waals surface area contributed by atoms with Crippen molar-refractivity contribution in [2.45, 2.75) is 70.5 Å². The Kier molecular flexibility index (Phi) is 8.47. The highest BCUT2D eigenvalue weighted by atomic mass is 19.4. The second-order valence-corrected chi connectivity index (χ2v) is 13.0. The first kappa shape index (κ1) is 31.9. The van der Waals surface area contributed by atoms with E-state index in [-0.39, 0.29) is 24.4 Å². The Balaban J connectivity index is 1.13. The summed E-state index contributed by atoms with van der Waals surface area (Å²) < 4.78 is 48.1. The van der Waals surface area contributed by atoms with Crippen molar-refractivity contribution in [1.29, 1.82) is 0 Å². The molecule has 1 saturated heterocycles. The molecule has 2 fully saturated rings. The van der Waals surface area contributed by atoms with E-state index in [9.17, 15) is 22.8 Å². The Morgan fingerprint density at radius 2 is 1.77 bits per heavy atom. The number of hydrogen-bond acceptors (Lipinski definition) is 6. The maximum Gasteiger partial charge on any atom is 0.434 e. The van der Waals surface area contributed by atoms with Crippen molar-refractivity contribution in [2.24, 2.45) is 5.92 Å². The number of fused-ring (bicyclic) bond motifs is 1. The van der Waals surface area contributed by atoms with Gasteiger partial charge in [0, 0.05) is 30.3 Å². The fraction of sp³-hybridized carbons (Fsp3) is 0.405. The van der Waals surface area contributed by atoms with Crippen LogP contribution < -0.4 is 5.32 Å². The number of nitrogens with one attached hydrogen (secondary N) is 1. The lowest BCUT2D eigenvalue weighted by atomic mass is 9.88. The van der Waals surface area contributed by atoms with Gasteiger partial charge in [0.05, 0.1) is 24.5 Å². The third kappa shape index (κ3) is 6.18. The minimum atomic E-state index is -4.86. The summed E-state index contributed by atoms with van der Waals surface area (Å²) in [4.78, 5) is 31.5. The lowest BCUT2D eigenvalue weighted by molar-refractivity contribution is -0.143. The third-order valence-corrected chi connectivity index (χ3v) is 9.79. The molecule has 2 aromatic carbocycles. The zero-order chi connectivity index (χ0) is 33.6. The number of aryl methyl sites for hydroxylation is 2. The van der Waals surface area contributed by atoms with Gasteiger partial charge in [-0.15, -0.1) is 0 Å². The molecule has 1 unspecified atom stereocenters. The number of carbonyl (C=O) groups is 2. The van der Waals surface area contributed by atoms with Gasteiger partial charge in [-0.1, -0.05) is 36.4 Å². The van der Waals surface area contributed by atoms with E-state index in [0.717, 1.165) is 80.2 Å². The van der Waals surface area contributed by atoms with E-state index in [1.165, 1.54) is 24.1 Å². The molecular weight excluding hydrogens is 619 g/mol. The van der Waals surface area contributed by atoms with Crippen LogP contribution in [-0.2, 0) is 22.1 Å². The SMILES string of the molecule is CCOC(=O)c1cnn(-c2cccc(-c3cccc4c3C(Nc3ccc(C5CCN(C(=O)C6CC6)CC5)cc3C)CC4)n2)c1C(F)(F)F. The molecule has 4 aromatic rings. The molecule has 0 bridgehead atoms. The Morgan fingerprint density at radius 1 is 1.00 bits per heavy atom. The summed E-state index contributed by atoms with van der Waals surface area (Å²) in [6.07, 6.45) is 1.76. The molecule has 0 spiro atoms. The topological polar surface area (TPSA) is 89.4 Å². The van der Waals surface area contributed by atoms with Crippen LogP contribution in [0.4, 0.5) is 18.9 Å². The Morgan fingerprint density at radius 3 is 2.48 bits per heavy atom. The van der Waals surface area contributed by atoms with Gasteiger partial charge in [-0.3, -0.25) is 4.79 Å². The normalized spacial score (nSPS) is 18.1. The molecule has 11 heteroatoms. The van der Waals surface area contributed by atoms with E-state index in [1.807, 2.05) is 17.0 Å². The second-order valence-electron chi connectivity index (χ2n) is 13.0. The highest BCUT2D eigenvalue weighted by Gasteiger charge is 2.41. The van der Waals surface area contributed by atoms with Crippen LogP contribution in [0.1, 0.15) is 89.3 Å². The van der Waals surface area contributed by atoms with Crippen molar-refractivity contribution < 1.29 is 27.5 Å². The number of halogens is 3. The fourth-order valence-electron chi connectivity index (χ4n) is 7.21. The van der Waals surface area contributed by atoms with Crippen molar-refractivity contribution in [3.63, 3.8) is 0 Å². The average molecular weight is 658 g/mol. The van der Waals surface area contributed by atoms with E-state index in [4.69, 9.17) is 4.74 Å². The number of aromatic nitrogens is 3. The van der Waals surface area contributed by atoms with Gasteiger partial charge in [0.25, 0.3) is 0 Å². The van der Waals surface area contributed by atoms with Crippen molar-refractivity contribution in [1.82, 2.24) is 19.7 Å². The smallest absolute Gasteiger partial charge is 0.434 e. The minimum absolute atomic E-state index is 0.0197. The van der Waals surface area contributed by atoms with E-state index in [2.05, 4.69) is 46.6 Å². The molecule has 1 saturated carbocycles. The van der Waals surface area contributed by atoms with E-state index in [0.29, 0.717) is 22.2 Å². The van der Waals surface area contributed by atoms with E-state index in [1.54, 1.807) is 12.1 Å². The molecule has 1 N–H and O–H groups in total. The number of rotatable bonds is 8. The number of pyridine rings is 1. The lowest BCUT2D eigenvalue weighted by Gasteiger charge is -2.32. The maximum absolute atomic E-state index is 14.2. The number of nitrogens with zero attached hydrogens (tertiary/aromatic N) is 4. The number of benzene rings is 2. The highest BCUT2D eigenvalue weighted by Crippen LogP contribution is 2.42. The van der Waals surface area contributed by atoms with Gasteiger partial charge in [-0.25, -0.2) is 14.5 Å². The number of piperidine rings is 1. The molecule has 7 rings (SSSR count). The summed E-state index contributed by atoms with van der Waals surface area (Å²) in [6, 6.07) is 17.4. The van der Waals surface area contributed by atoms with Gasteiger partial charge < -0.3 is 15.0 Å². The summed E-state index contributed by atoms with van der Waals surface area (Å²) in [5.74, 6) is -0.113. The van der Waals surface area contributed by atoms with Crippen LogP contribution >= 0.6 is 0 Å². The van der Waals surface area contributed by atoms with E-state index < -0.39 is 23.4 Å². The first-order valence-corrected chi connectivity index (χ1v) is 16.7. The highest BCUT2D eigenvalue weighted by molar-refractivity contribution is 5.90. The number of alkyl halides is 3. The number of amides is 1. The third-order valence-electron chi connectivity index (χ3n) is 9.79. The molecule has 1 amide bonds. The van der Waals surface area contributed by atoms with Gasteiger partial charge in [0.1, 0.15) is 5.56 Å². The number of likely N-dealkylation sites (tertiary alicyclic amines) is 1. The van der Waals surface area contributed by atoms with Gasteiger partial charge in [-0.05, 0) is 98.7 Å². The van der Waals surface area contributed by atoms with Crippen molar-refractivity contribution >= 4 is 17.6 Å². The quantitative estimate of drug-likeness (QED) is 0.196. The molecule has 1 aliphatic heterocycles. The maximum atomic E-state index is 14.2. The summed E-state index contributed by atoms with van der Waals surface area (Å²) >= 11 is 0. The zero-order valence-electron chi connectivity index (χ0n) is 27.0. The van der Waals surface area contributed by atoms with Crippen molar-refractivity contribution in [2.75, 3.05) is 25.0 Å². The average Bonchev–Trinajstić information content (AvgIpc) is 3.69. The zero-order valence-corrected chi connectivity index (χ0v) is 27.0. The monoisotopic (exact) mass is 657 g/mol.